The Morgan fingerprint density at radius 1 is 1.33 bits per heavy atom. The first-order chi connectivity index (χ1) is 10.2. The number of fused-ring (bicyclic) bond motifs is 1. The maximum Gasteiger partial charge on any atom is 0.354 e. The molecule has 0 bridgehead atoms. The first-order valence-electron chi connectivity index (χ1n) is 6.41. The average Bonchev–Trinajstić information content (AvgIpc) is 2.98. The topological polar surface area (TPSA) is 69.4 Å². The molecule has 2 heterocycles. The Kier molecular flexibility index (Phi) is 3.09. The van der Waals surface area contributed by atoms with E-state index in [-0.39, 0.29) is 13.1 Å². The van der Waals surface area contributed by atoms with Crippen molar-refractivity contribution in [1.29, 1.82) is 0 Å². The Morgan fingerprint density at radius 2 is 2.05 bits per heavy atom. The molecule has 21 heavy (non-hydrogen) atoms. The minimum atomic E-state index is -0.439. The van der Waals surface area contributed by atoms with Gasteiger partial charge in [-0.2, -0.15) is 9.67 Å². The van der Waals surface area contributed by atoms with E-state index < -0.39 is 11.7 Å². The smallest absolute Gasteiger partial charge is 0.354 e. The molecule has 2 aromatic rings. The molecule has 0 unspecified atom stereocenters. The molecule has 0 radical (unpaired) electrons. The summed E-state index contributed by atoms with van der Waals surface area (Å²) in [5, 5.41) is 4.15. The van der Waals surface area contributed by atoms with Crippen LogP contribution >= 0.6 is 0 Å². The third-order valence-electron chi connectivity index (χ3n) is 3.31. The molecule has 1 aliphatic heterocycles. The van der Waals surface area contributed by atoms with Crippen LogP contribution < -0.4 is 15.3 Å². The van der Waals surface area contributed by atoms with Crippen LogP contribution in [0.4, 0.5) is 10.5 Å². The number of anilines is 1. The molecular formula is C14H14N4O3. The molecular weight excluding hydrogens is 272 g/mol. The van der Waals surface area contributed by atoms with E-state index in [1.165, 1.54) is 9.58 Å². The van der Waals surface area contributed by atoms with Crippen molar-refractivity contribution < 1.29 is 9.53 Å². The van der Waals surface area contributed by atoms with Gasteiger partial charge in [0, 0.05) is 5.69 Å². The highest BCUT2D eigenvalue weighted by Gasteiger charge is 2.33. The predicted molar refractivity (Wildman–Crippen MR) is 76.7 cm³/mol. The standard InChI is InChI=1S/C14H14N4O3/c1-3-8-17-14(20)18-12(15-17)9-16(13(18)19)10-4-6-11(21-2)7-5-10/h3-7H,1,8-9H2,2H3. The number of benzene rings is 1. The van der Waals surface area contributed by atoms with Crippen LogP contribution in [0.25, 0.3) is 0 Å². The van der Waals surface area contributed by atoms with Crippen molar-refractivity contribution in [2.45, 2.75) is 13.1 Å². The summed E-state index contributed by atoms with van der Waals surface area (Å²) in [4.78, 5) is 26.0. The third kappa shape index (κ3) is 2.03. The summed E-state index contributed by atoms with van der Waals surface area (Å²) >= 11 is 0. The molecule has 0 spiro atoms. The van der Waals surface area contributed by atoms with Crippen LogP contribution in [0.15, 0.2) is 41.7 Å². The highest BCUT2D eigenvalue weighted by molar-refractivity contribution is 5.96. The van der Waals surface area contributed by atoms with Gasteiger partial charge in [0.2, 0.25) is 0 Å². The molecule has 1 amide bonds. The Hall–Kier alpha value is -2.83. The average molecular weight is 286 g/mol. The molecule has 0 saturated heterocycles. The first kappa shape index (κ1) is 13.2. The molecule has 1 aromatic carbocycles. The molecule has 0 saturated carbocycles. The summed E-state index contributed by atoms with van der Waals surface area (Å²) in [6.45, 7) is 4.12. The van der Waals surface area contributed by atoms with Gasteiger partial charge in [-0.1, -0.05) is 6.08 Å². The van der Waals surface area contributed by atoms with E-state index in [0.29, 0.717) is 17.3 Å². The summed E-state index contributed by atoms with van der Waals surface area (Å²) in [5.74, 6) is 1.14. The normalized spacial score (nSPS) is 13.4. The summed E-state index contributed by atoms with van der Waals surface area (Å²) in [7, 11) is 1.58. The van der Waals surface area contributed by atoms with Crippen molar-refractivity contribution in [2.75, 3.05) is 12.0 Å². The number of methoxy groups -OCH3 is 1. The minimum Gasteiger partial charge on any atom is -0.497 e. The molecule has 7 heteroatoms. The zero-order valence-corrected chi connectivity index (χ0v) is 11.5. The maximum atomic E-state index is 12.4. The van der Waals surface area contributed by atoms with Gasteiger partial charge in [0.05, 0.1) is 20.2 Å². The van der Waals surface area contributed by atoms with Gasteiger partial charge in [-0.05, 0) is 24.3 Å². The van der Waals surface area contributed by atoms with E-state index in [0.717, 1.165) is 4.57 Å². The van der Waals surface area contributed by atoms with Gasteiger partial charge in [-0.3, -0.25) is 4.90 Å². The summed E-state index contributed by atoms with van der Waals surface area (Å²) < 4.78 is 7.40. The second-order valence-electron chi connectivity index (χ2n) is 4.57. The number of rotatable bonds is 4. The molecule has 7 nitrogen and oxygen atoms in total. The second kappa shape index (κ2) is 4.93. The fourth-order valence-electron chi connectivity index (χ4n) is 2.28. The number of carbonyl (C=O) groups excluding carboxylic acids is 1. The van der Waals surface area contributed by atoms with E-state index in [1.807, 2.05) is 0 Å². The Bertz CT molecular complexity index is 758. The molecule has 0 aliphatic carbocycles. The molecule has 0 atom stereocenters. The molecule has 1 aromatic heterocycles. The largest absolute Gasteiger partial charge is 0.497 e. The van der Waals surface area contributed by atoms with E-state index in [4.69, 9.17) is 4.74 Å². The van der Waals surface area contributed by atoms with Crippen molar-refractivity contribution in [2.24, 2.45) is 0 Å². The van der Waals surface area contributed by atoms with Crippen LogP contribution in [0, 0.1) is 0 Å². The van der Waals surface area contributed by atoms with Crippen LogP contribution in [0.2, 0.25) is 0 Å². The molecule has 0 fully saturated rings. The lowest BCUT2D eigenvalue weighted by Gasteiger charge is -2.15. The van der Waals surface area contributed by atoms with E-state index in [9.17, 15) is 9.59 Å². The van der Waals surface area contributed by atoms with Crippen molar-refractivity contribution >= 4 is 11.7 Å². The molecule has 1 aliphatic rings. The highest BCUT2D eigenvalue weighted by atomic mass is 16.5. The number of aromatic nitrogens is 3. The number of hydrogen-bond acceptors (Lipinski definition) is 4. The maximum absolute atomic E-state index is 12.4. The summed E-state index contributed by atoms with van der Waals surface area (Å²) in [5.41, 5.74) is 0.256. The van der Waals surface area contributed by atoms with Crippen LogP contribution in [0.3, 0.4) is 0 Å². The van der Waals surface area contributed by atoms with Gasteiger partial charge in [0.1, 0.15) is 5.75 Å². The quantitative estimate of drug-likeness (QED) is 0.793. The van der Waals surface area contributed by atoms with E-state index in [2.05, 4.69) is 11.7 Å². The molecule has 0 N–H and O–H groups in total. The van der Waals surface area contributed by atoms with Crippen molar-refractivity contribution in [3.63, 3.8) is 0 Å². The molecule has 3 rings (SSSR count). The predicted octanol–water partition coefficient (Wildman–Crippen LogP) is 1.23. The van der Waals surface area contributed by atoms with Gasteiger partial charge in [-0.15, -0.1) is 6.58 Å². The van der Waals surface area contributed by atoms with Crippen molar-refractivity contribution in [3.05, 3.63) is 53.2 Å². The SMILES string of the molecule is C=CCn1nc2n(c1=O)C(=O)N(c1ccc(OC)cc1)C2. The monoisotopic (exact) mass is 286 g/mol. The fraction of sp³-hybridized carbons (Fsp3) is 0.214. The van der Waals surface area contributed by atoms with Gasteiger partial charge in [0.25, 0.3) is 0 Å². The van der Waals surface area contributed by atoms with E-state index >= 15 is 0 Å². The van der Waals surface area contributed by atoms with Gasteiger partial charge in [-0.25, -0.2) is 14.3 Å². The third-order valence-corrected chi connectivity index (χ3v) is 3.31. The van der Waals surface area contributed by atoms with Gasteiger partial charge < -0.3 is 4.74 Å². The lowest BCUT2D eigenvalue weighted by molar-refractivity contribution is 0.250. The van der Waals surface area contributed by atoms with Crippen molar-refractivity contribution in [3.8, 4) is 5.75 Å². The van der Waals surface area contributed by atoms with Gasteiger partial charge >= 0.3 is 11.7 Å². The summed E-state index contributed by atoms with van der Waals surface area (Å²) in [6, 6.07) is 6.67. The summed E-state index contributed by atoms with van der Waals surface area (Å²) in [6.07, 6.45) is 1.57. The lowest BCUT2D eigenvalue weighted by Crippen LogP contribution is -2.34. The van der Waals surface area contributed by atoms with Crippen LogP contribution in [0.1, 0.15) is 5.82 Å². The number of ether oxygens (including phenoxy) is 1. The minimum absolute atomic E-state index is 0.268. The number of carbonyl (C=O) groups is 1. The zero-order chi connectivity index (χ0) is 15.0. The Labute approximate surface area is 120 Å². The number of nitrogens with zero attached hydrogens (tertiary/aromatic N) is 4. The van der Waals surface area contributed by atoms with Crippen LogP contribution in [-0.4, -0.2) is 27.5 Å². The number of hydrogen-bond donors (Lipinski definition) is 0. The second-order valence-corrected chi connectivity index (χ2v) is 4.57. The number of allylic oxidation sites excluding steroid dienone is 1. The fourth-order valence-corrected chi connectivity index (χ4v) is 2.28. The zero-order valence-electron chi connectivity index (χ0n) is 11.5. The van der Waals surface area contributed by atoms with E-state index in [1.54, 1.807) is 37.5 Å². The molecule has 108 valence electrons. The van der Waals surface area contributed by atoms with Crippen LogP contribution in [-0.2, 0) is 13.1 Å². The number of amides is 1. The first-order valence-corrected chi connectivity index (χ1v) is 6.41. The van der Waals surface area contributed by atoms with Gasteiger partial charge in [0.15, 0.2) is 5.82 Å². The Balaban J connectivity index is 1.93. The lowest BCUT2D eigenvalue weighted by atomic mass is 10.3. The van der Waals surface area contributed by atoms with Crippen molar-refractivity contribution in [1.82, 2.24) is 14.3 Å². The Morgan fingerprint density at radius 3 is 2.62 bits per heavy atom. The van der Waals surface area contributed by atoms with Crippen LogP contribution in [0.5, 0.6) is 5.75 Å². The highest BCUT2D eigenvalue weighted by Crippen LogP contribution is 2.24.